The van der Waals surface area contributed by atoms with Gasteiger partial charge in [-0.3, -0.25) is 4.70 Å². The first-order valence-electron chi connectivity index (χ1n) is 2.60. The third-order valence-corrected chi connectivity index (χ3v) is 1.31. The molecule has 1 aliphatic heterocycles. The monoisotopic (exact) mass is 105 g/mol. The van der Waals surface area contributed by atoms with Gasteiger partial charge in [-0.05, 0) is 25.4 Å². The lowest BCUT2D eigenvalue weighted by Gasteiger charge is -1.90. The van der Waals surface area contributed by atoms with Crippen molar-refractivity contribution in [2.24, 2.45) is 5.92 Å². The Kier molecular flexibility index (Phi) is 2.92. The van der Waals surface area contributed by atoms with Crippen molar-refractivity contribution in [3.05, 3.63) is 0 Å². The second-order valence-electron chi connectivity index (χ2n) is 2.10. The molecule has 0 amide bonds. The minimum absolute atomic E-state index is 0. The van der Waals surface area contributed by atoms with E-state index in [1.807, 2.05) is 0 Å². The average Bonchev–Trinajstić information content (AvgIpc) is 1.86. The van der Waals surface area contributed by atoms with E-state index >= 15 is 0 Å². The highest BCUT2D eigenvalue weighted by molar-refractivity contribution is 4.65. The smallest absolute Gasteiger partial charge is 0.00227 e. The normalized spacial score (nSPS) is 29.6. The zero-order valence-corrected chi connectivity index (χ0v) is 4.61. The fourth-order valence-electron chi connectivity index (χ4n) is 0.799. The average molecular weight is 105 g/mol. The van der Waals surface area contributed by atoms with Gasteiger partial charge >= 0.3 is 0 Å². The van der Waals surface area contributed by atoms with Gasteiger partial charge in [0.05, 0.1) is 0 Å². The van der Waals surface area contributed by atoms with Crippen LogP contribution in [0.5, 0.6) is 0 Å². The van der Waals surface area contributed by atoms with E-state index in [1.165, 1.54) is 19.5 Å². The van der Waals surface area contributed by atoms with Gasteiger partial charge in [0.25, 0.3) is 0 Å². The van der Waals surface area contributed by atoms with Gasteiger partial charge in [0.2, 0.25) is 0 Å². The molecule has 1 aliphatic rings. The molecule has 44 valence electrons. The Labute approximate surface area is 43.5 Å². The number of rotatable bonds is 0. The number of hydrogen-bond donors (Lipinski definition) is 1. The van der Waals surface area contributed by atoms with Gasteiger partial charge in [0.1, 0.15) is 0 Å². The van der Waals surface area contributed by atoms with Gasteiger partial charge in [-0.2, -0.15) is 0 Å². The van der Waals surface area contributed by atoms with E-state index in [0.717, 1.165) is 5.92 Å². The molecule has 0 aromatic heterocycles. The molecule has 0 spiro atoms. The van der Waals surface area contributed by atoms with E-state index in [2.05, 4.69) is 12.2 Å². The summed E-state index contributed by atoms with van der Waals surface area (Å²) in [5.74, 6) is 0.935. The van der Waals surface area contributed by atoms with Crippen molar-refractivity contribution in [3.63, 3.8) is 0 Å². The topological polar surface area (TPSA) is 12.0 Å². The van der Waals surface area contributed by atoms with Crippen LogP contribution in [-0.2, 0) is 0 Å². The molecule has 1 fully saturated rings. The van der Waals surface area contributed by atoms with Crippen molar-refractivity contribution in [2.45, 2.75) is 13.3 Å². The van der Waals surface area contributed by atoms with Crippen LogP contribution in [0.2, 0.25) is 0 Å². The Morgan fingerprint density at radius 3 is 2.43 bits per heavy atom. The third kappa shape index (κ3) is 1.88. The van der Waals surface area contributed by atoms with Crippen molar-refractivity contribution in [1.82, 2.24) is 5.32 Å². The summed E-state index contributed by atoms with van der Waals surface area (Å²) in [4.78, 5) is 0. The van der Waals surface area contributed by atoms with Gasteiger partial charge in [-0.25, -0.2) is 0 Å². The van der Waals surface area contributed by atoms with E-state index < -0.39 is 0 Å². The van der Waals surface area contributed by atoms with E-state index in [0.29, 0.717) is 0 Å². The van der Waals surface area contributed by atoms with Crippen LogP contribution in [0.25, 0.3) is 0 Å². The summed E-state index contributed by atoms with van der Waals surface area (Å²) in [6.07, 6.45) is 1.38. The van der Waals surface area contributed by atoms with Crippen molar-refractivity contribution in [2.75, 3.05) is 13.1 Å². The van der Waals surface area contributed by atoms with Gasteiger partial charge in [-0.1, -0.05) is 6.92 Å². The SMILES string of the molecule is CC1CCNC1.F. The molecule has 1 nitrogen and oxygen atoms in total. The Morgan fingerprint density at radius 2 is 2.29 bits per heavy atom. The maximum Gasteiger partial charge on any atom is -0.00227 e. The molecule has 0 aliphatic carbocycles. The van der Waals surface area contributed by atoms with Crippen LogP contribution in [0.1, 0.15) is 13.3 Å². The summed E-state index contributed by atoms with van der Waals surface area (Å²) >= 11 is 0. The maximum absolute atomic E-state index is 3.27. The first-order valence-corrected chi connectivity index (χ1v) is 2.60. The van der Waals surface area contributed by atoms with Crippen LogP contribution in [0.15, 0.2) is 0 Å². The molecule has 1 rings (SSSR count). The molecule has 1 N–H and O–H groups in total. The minimum Gasteiger partial charge on any atom is -0.316 e. The fourth-order valence-corrected chi connectivity index (χ4v) is 0.799. The predicted molar refractivity (Wildman–Crippen MR) is 29.2 cm³/mol. The zero-order chi connectivity index (χ0) is 4.41. The van der Waals surface area contributed by atoms with E-state index in [1.54, 1.807) is 0 Å². The second-order valence-corrected chi connectivity index (χ2v) is 2.10. The molecule has 7 heavy (non-hydrogen) atoms. The summed E-state index contributed by atoms with van der Waals surface area (Å²) in [7, 11) is 0. The van der Waals surface area contributed by atoms with E-state index in [9.17, 15) is 0 Å². The third-order valence-electron chi connectivity index (χ3n) is 1.31. The van der Waals surface area contributed by atoms with Gasteiger partial charge in [0, 0.05) is 0 Å². The molecular weight excluding hydrogens is 93.1 g/mol. The lowest BCUT2D eigenvalue weighted by Crippen LogP contribution is -2.06. The molecule has 0 aromatic rings. The highest BCUT2D eigenvalue weighted by Gasteiger charge is 2.06. The Bertz CT molecular complexity index is 41.3. The van der Waals surface area contributed by atoms with Crippen LogP contribution in [-0.4, -0.2) is 13.1 Å². The van der Waals surface area contributed by atoms with Crippen LogP contribution >= 0.6 is 0 Å². The largest absolute Gasteiger partial charge is 0.316 e. The first kappa shape index (κ1) is 6.89. The number of hydrogen-bond acceptors (Lipinski definition) is 1. The maximum atomic E-state index is 3.27. The Morgan fingerprint density at radius 1 is 1.57 bits per heavy atom. The van der Waals surface area contributed by atoms with Crippen molar-refractivity contribution in [1.29, 1.82) is 0 Å². The quantitative estimate of drug-likeness (QED) is 0.479. The molecule has 1 heterocycles. The summed E-state index contributed by atoms with van der Waals surface area (Å²) in [6, 6.07) is 0. The summed E-state index contributed by atoms with van der Waals surface area (Å²) < 4.78 is 0. The van der Waals surface area contributed by atoms with Gasteiger partial charge in [0.15, 0.2) is 0 Å². The standard InChI is InChI=1S/C5H11N.FH/c1-5-2-3-6-4-5;/h5-6H,2-4H2,1H3;1H. The van der Waals surface area contributed by atoms with Crippen molar-refractivity contribution < 1.29 is 4.70 Å². The molecule has 1 atom stereocenters. The molecule has 1 saturated heterocycles. The van der Waals surface area contributed by atoms with Crippen LogP contribution in [0, 0.1) is 5.92 Å². The van der Waals surface area contributed by atoms with Crippen molar-refractivity contribution in [3.8, 4) is 0 Å². The Balaban J connectivity index is 0.000000360. The van der Waals surface area contributed by atoms with Crippen molar-refractivity contribution >= 4 is 0 Å². The molecular formula is C5H12FN. The molecule has 0 aromatic carbocycles. The summed E-state index contributed by atoms with van der Waals surface area (Å²) in [6.45, 7) is 4.75. The first-order chi connectivity index (χ1) is 2.89. The number of nitrogens with one attached hydrogen (secondary N) is 1. The second kappa shape index (κ2) is 2.97. The highest BCUT2D eigenvalue weighted by atomic mass is 19.0. The highest BCUT2D eigenvalue weighted by Crippen LogP contribution is 2.03. The fraction of sp³-hybridized carbons (Fsp3) is 1.00. The lowest BCUT2D eigenvalue weighted by atomic mass is 10.2. The molecule has 2 heteroatoms. The van der Waals surface area contributed by atoms with E-state index in [-0.39, 0.29) is 4.70 Å². The Hall–Kier alpha value is -0.110. The summed E-state index contributed by atoms with van der Waals surface area (Å²) in [5, 5.41) is 3.27. The molecule has 0 bridgehead atoms. The predicted octanol–water partition coefficient (Wildman–Crippen LogP) is 0.768. The van der Waals surface area contributed by atoms with Gasteiger partial charge in [-0.15, -0.1) is 0 Å². The lowest BCUT2D eigenvalue weighted by molar-refractivity contribution is 0.651. The summed E-state index contributed by atoms with van der Waals surface area (Å²) in [5.41, 5.74) is 0. The van der Waals surface area contributed by atoms with Crippen LogP contribution < -0.4 is 5.32 Å². The van der Waals surface area contributed by atoms with Gasteiger partial charge < -0.3 is 5.32 Å². The van der Waals surface area contributed by atoms with Crippen LogP contribution in [0.3, 0.4) is 0 Å². The van der Waals surface area contributed by atoms with Crippen LogP contribution in [0.4, 0.5) is 4.70 Å². The molecule has 0 saturated carbocycles. The zero-order valence-electron chi connectivity index (χ0n) is 4.61. The number of halogens is 1. The molecule has 1 unspecified atom stereocenters. The minimum atomic E-state index is 0. The van der Waals surface area contributed by atoms with E-state index in [4.69, 9.17) is 0 Å². The molecule has 0 radical (unpaired) electrons.